The first kappa shape index (κ1) is 7.32. The molecular formula is C9H13NS. The Morgan fingerprint density at radius 2 is 2.64 bits per heavy atom. The molecule has 0 aromatic carbocycles. The first-order valence-corrected chi connectivity index (χ1v) is 5.11. The molecule has 0 unspecified atom stereocenters. The lowest BCUT2D eigenvalue weighted by atomic mass is 10.0. The summed E-state index contributed by atoms with van der Waals surface area (Å²) in [5.41, 5.74) is 1.52. The van der Waals surface area contributed by atoms with Gasteiger partial charge in [-0.2, -0.15) is 11.3 Å². The van der Waals surface area contributed by atoms with Gasteiger partial charge in [0.25, 0.3) is 0 Å². The van der Waals surface area contributed by atoms with E-state index in [4.69, 9.17) is 0 Å². The molecule has 1 aromatic rings. The molecule has 0 spiro atoms. The zero-order valence-corrected chi connectivity index (χ0v) is 7.36. The molecule has 1 atom stereocenters. The summed E-state index contributed by atoms with van der Waals surface area (Å²) in [7, 11) is 0. The third-order valence-electron chi connectivity index (χ3n) is 2.27. The van der Waals surface area contributed by atoms with Crippen molar-refractivity contribution in [3.8, 4) is 0 Å². The van der Waals surface area contributed by atoms with Gasteiger partial charge >= 0.3 is 0 Å². The van der Waals surface area contributed by atoms with Crippen LogP contribution >= 0.6 is 11.3 Å². The number of nitrogens with one attached hydrogen (secondary N) is 1. The molecule has 0 bridgehead atoms. The van der Waals surface area contributed by atoms with Gasteiger partial charge in [0.1, 0.15) is 0 Å². The van der Waals surface area contributed by atoms with Crippen LogP contribution in [0, 0.1) is 5.92 Å². The summed E-state index contributed by atoms with van der Waals surface area (Å²) in [6.07, 6.45) is 2.63. The minimum Gasteiger partial charge on any atom is -0.316 e. The molecule has 1 fully saturated rings. The van der Waals surface area contributed by atoms with Crippen LogP contribution in [0.15, 0.2) is 16.8 Å². The highest BCUT2D eigenvalue weighted by Crippen LogP contribution is 2.16. The molecule has 0 amide bonds. The van der Waals surface area contributed by atoms with E-state index < -0.39 is 0 Å². The Morgan fingerprint density at radius 3 is 3.27 bits per heavy atom. The van der Waals surface area contributed by atoms with Gasteiger partial charge in [-0.15, -0.1) is 0 Å². The van der Waals surface area contributed by atoms with Crippen LogP contribution in [-0.4, -0.2) is 13.1 Å². The summed E-state index contributed by atoms with van der Waals surface area (Å²) in [6.45, 7) is 2.44. The fraction of sp³-hybridized carbons (Fsp3) is 0.556. The lowest BCUT2D eigenvalue weighted by molar-refractivity contribution is 0.581. The molecule has 1 aliphatic rings. The van der Waals surface area contributed by atoms with E-state index in [1.54, 1.807) is 11.3 Å². The largest absolute Gasteiger partial charge is 0.316 e. The first-order chi connectivity index (χ1) is 5.45. The van der Waals surface area contributed by atoms with Crippen molar-refractivity contribution in [3.63, 3.8) is 0 Å². The summed E-state index contributed by atoms with van der Waals surface area (Å²) in [6, 6.07) is 2.24. The molecule has 0 saturated carbocycles. The molecule has 1 aromatic heterocycles. The van der Waals surface area contributed by atoms with E-state index in [1.807, 2.05) is 0 Å². The van der Waals surface area contributed by atoms with Gasteiger partial charge in [0.05, 0.1) is 0 Å². The third-order valence-corrected chi connectivity index (χ3v) is 3.00. The van der Waals surface area contributed by atoms with Crippen molar-refractivity contribution in [2.24, 2.45) is 5.92 Å². The molecule has 1 nitrogen and oxygen atoms in total. The highest BCUT2D eigenvalue weighted by Gasteiger charge is 2.14. The predicted molar refractivity (Wildman–Crippen MR) is 49.0 cm³/mol. The fourth-order valence-corrected chi connectivity index (χ4v) is 2.31. The van der Waals surface area contributed by atoms with E-state index >= 15 is 0 Å². The minimum atomic E-state index is 0.893. The quantitative estimate of drug-likeness (QED) is 0.709. The van der Waals surface area contributed by atoms with Crippen molar-refractivity contribution in [1.82, 2.24) is 5.32 Å². The maximum absolute atomic E-state index is 3.39. The average molecular weight is 167 g/mol. The smallest absolute Gasteiger partial charge is 0.00169 e. The van der Waals surface area contributed by atoms with Crippen molar-refractivity contribution in [3.05, 3.63) is 22.4 Å². The predicted octanol–water partition coefficient (Wildman–Crippen LogP) is 1.90. The topological polar surface area (TPSA) is 12.0 Å². The van der Waals surface area contributed by atoms with E-state index in [2.05, 4.69) is 22.1 Å². The number of rotatable bonds is 2. The van der Waals surface area contributed by atoms with Crippen LogP contribution in [0.3, 0.4) is 0 Å². The van der Waals surface area contributed by atoms with E-state index in [0.717, 1.165) is 5.92 Å². The van der Waals surface area contributed by atoms with Crippen molar-refractivity contribution in [2.75, 3.05) is 13.1 Å². The molecule has 0 radical (unpaired) electrons. The second-order valence-corrected chi connectivity index (χ2v) is 3.97. The molecule has 11 heavy (non-hydrogen) atoms. The Bertz CT molecular complexity index is 199. The summed E-state index contributed by atoms with van der Waals surface area (Å²) in [5, 5.41) is 7.81. The zero-order chi connectivity index (χ0) is 7.52. The Morgan fingerprint density at radius 1 is 1.64 bits per heavy atom. The number of thiophene rings is 1. The van der Waals surface area contributed by atoms with Crippen molar-refractivity contribution >= 4 is 11.3 Å². The second-order valence-electron chi connectivity index (χ2n) is 3.19. The van der Waals surface area contributed by atoms with Crippen LogP contribution in [0.4, 0.5) is 0 Å². The molecule has 1 saturated heterocycles. The summed E-state index contributed by atoms with van der Waals surface area (Å²) >= 11 is 1.80. The highest BCUT2D eigenvalue weighted by molar-refractivity contribution is 7.07. The summed E-state index contributed by atoms with van der Waals surface area (Å²) in [5.74, 6) is 0.893. The number of hydrogen-bond acceptors (Lipinski definition) is 2. The molecule has 60 valence electrons. The SMILES string of the molecule is c1cc(C[C@@H]2CCNC2)cs1. The van der Waals surface area contributed by atoms with E-state index in [9.17, 15) is 0 Å². The van der Waals surface area contributed by atoms with Gasteiger partial charge in [0, 0.05) is 0 Å². The Labute approximate surface area is 71.4 Å². The normalized spacial score (nSPS) is 24.2. The minimum absolute atomic E-state index is 0.893. The maximum Gasteiger partial charge on any atom is -0.00169 e. The molecule has 1 aliphatic heterocycles. The second kappa shape index (κ2) is 3.37. The van der Waals surface area contributed by atoms with E-state index in [-0.39, 0.29) is 0 Å². The molecule has 2 heteroatoms. The van der Waals surface area contributed by atoms with Crippen molar-refractivity contribution in [2.45, 2.75) is 12.8 Å². The highest BCUT2D eigenvalue weighted by atomic mass is 32.1. The van der Waals surface area contributed by atoms with Crippen LogP contribution in [0.1, 0.15) is 12.0 Å². The van der Waals surface area contributed by atoms with Gasteiger partial charge in [-0.05, 0) is 54.2 Å². The lowest BCUT2D eigenvalue weighted by Crippen LogP contribution is -2.10. The van der Waals surface area contributed by atoms with Gasteiger partial charge in [-0.3, -0.25) is 0 Å². The van der Waals surface area contributed by atoms with Gasteiger partial charge < -0.3 is 5.32 Å². The lowest BCUT2D eigenvalue weighted by Gasteiger charge is -2.04. The van der Waals surface area contributed by atoms with Crippen molar-refractivity contribution in [1.29, 1.82) is 0 Å². The van der Waals surface area contributed by atoms with Crippen LogP contribution < -0.4 is 5.32 Å². The molecular weight excluding hydrogens is 154 g/mol. The molecule has 2 heterocycles. The molecule has 2 rings (SSSR count). The average Bonchev–Trinajstić information content (AvgIpc) is 2.60. The van der Waals surface area contributed by atoms with E-state index in [1.165, 1.54) is 31.5 Å². The van der Waals surface area contributed by atoms with Gasteiger partial charge in [-0.25, -0.2) is 0 Å². The van der Waals surface area contributed by atoms with Crippen LogP contribution in [0.5, 0.6) is 0 Å². The third kappa shape index (κ3) is 1.82. The maximum atomic E-state index is 3.39. The molecule has 1 N–H and O–H groups in total. The molecule has 0 aliphatic carbocycles. The standard InChI is InChI=1S/C9H13NS/c1-3-10-6-8(1)5-9-2-4-11-7-9/h2,4,7-8,10H,1,3,5-6H2/t8-/m0/s1. The first-order valence-electron chi connectivity index (χ1n) is 4.17. The summed E-state index contributed by atoms with van der Waals surface area (Å²) in [4.78, 5) is 0. The Balaban J connectivity index is 1.90. The van der Waals surface area contributed by atoms with Gasteiger partial charge in [0.15, 0.2) is 0 Å². The van der Waals surface area contributed by atoms with E-state index in [0.29, 0.717) is 0 Å². The summed E-state index contributed by atoms with van der Waals surface area (Å²) < 4.78 is 0. The Kier molecular flexibility index (Phi) is 2.24. The fourth-order valence-electron chi connectivity index (χ4n) is 1.63. The Hall–Kier alpha value is -0.340. The van der Waals surface area contributed by atoms with Crippen LogP contribution in [-0.2, 0) is 6.42 Å². The zero-order valence-electron chi connectivity index (χ0n) is 6.55. The van der Waals surface area contributed by atoms with Gasteiger partial charge in [0.2, 0.25) is 0 Å². The van der Waals surface area contributed by atoms with Crippen molar-refractivity contribution < 1.29 is 0 Å². The van der Waals surface area contributed by atoms with Crippen LogP contribution in [0.2, 0.25) is 0 Å². The number of hydrogen-bond donors (Lipinski definition) is 1. The monoisotopic (exact) mass is 167 g/mol. The van der Waals surface area contributed by atoms with Gasteiger partial charge in [-0.1, -0.05) is 0 Å². The van der Waals surface area contributed by atoms with Crippen LogP contribution in [0.25, 0.3) is 0 Å².